The summed E-state index contributed by atoms with van der Waals surface area (Å²) in [5.41, 5.74) is 6.10. The third-order valence-electron chi connectivity index (χ3n) is 4.63. The number of nitrogens with one attached hydrogen (secondary N) is 1. The SMILES string of the molecule is Cc1oc2ccc(OCCC3CC3)cc2c1C(=O)N[C@H](C(N)=O)[C@@H](C)O. The summed E-state index contributed by atoms with van der Waals surface area (Å²) in [7, 11) is 0. The molecule has 7 nitrogen and oxygen atoms in total. The van der Waals surface area contributed by atoms with Crippen molar-refractivity contribution in [1.29, 1.82) is 0 Å². The van der Waals surface area contributed by atoms with Gasteiger partial charge in [0.05, 0.1) is 18.3 Å². The van der Waals surface area contributed by atoms with Crippen LogP contribution >= 0.6 is 0 Å². The standard InChI is InChI=1S/C19H24N2O5/c1-10(22)17(18(20)23)21-19(24)16-11(2)26-15-6-5-13(9-14(15)16)25-8-7-12-3-4-12/h5-6,9-10,12,17,22H,3-4,7-8H2,1-2H3,(H2,20,23)(H,21,24)/t10-,17+/m1/s1. The van der Waals surface area contributed by atoms with Crippen molar-refractivity contribution >= 4 is 22.8 Å². The molecule has 2 aromatic rings. The van der Waals surface area contributed by atoms with E-state index in [1.54, 1.807) is 19.1 Å². The number of aliphatic hydroxyl groups is 1. The van der Waals surface area contributed by atoms with Gasteiger partial charge in [0.2, 0.25) is 5.91 Å². The lowest BCUT2D eigenvalue weighted by Crippen LogP contribution is -2.50. The molecule has 1 aliphatic rings. The number of hydrogen-bond acceptors (Lipinski definition) is 5. The Morgan fingerprint density at radius 3 is 2.77 bits per heavy atom. The molecule has 2 atom stereocenters. The van der Waals surface area contributed by atoms with Gasteiger partial charge in [-0.05, 0) is 44.4 Å². The van der Waals surface area contributed by atoms with Gasteiger partial charge in [-0.2, -0.15) is 0 Å². The molecule has 0 bridgehead atoms. The Labute approximate surface area is 151 Å². The quantitative estimate of drug-likeness (QED) is 0.665. The van der Waals surface area contributed by atoms with Crippen molar-refractivity contribution in [2.45, 2.75) is 45.3 Å². The van der Waals surface area contributed by atoms with Gasteiger partial charge < -0.3 is 25.3 Å². The van der Waals surface area contributed by atoms with Gasteiger partial charge in [-0.25, -0.2) is 0 Å². The summed E-state index contributed by atoms with van der Waals surface area (Å²) in [6, 6.07) is 4.15. The zero-order chi connectivity index (χ0) is 18.8. The second kappa shape index (κ2) is 7.37. The highest BCUT2D eigenvalue weighted by atomic mass is 16.5. The molecule has 7 heteroatoms. The van der Waals surface area contributed by atoms with Crippen molar-refractivity contribution in [2.24, 2.45) is 11.7 Å². The molecule has 0 saturated heterocycles. The molecule has 0 spiro atoms. The van der Waals surface area contributed by atoms with Crippen molar-refractivity contribution in [3.8, 4) is 5.75 Å². The second-order valence-electron chi connectivity index (χ2n) is 6.87. The number of benzene rings is 1. The first-order valence-electron chi connectivity index (χ1n) is 8.81. The van der Waals surface area contributed by atoms with Crippen molar-refractivity contribution in [3.05, 3.63) is 29.5 Å². The summed E-state index contributed by atoms with van der Waals surface area (Å²) in [5, 5.41) is 12.7. The maximum atomic E-state index is 12.7. The summed E-state index contributed by atoms with van der Waals surface area (Å²) >= 11 is 0. The lowest BCUT2D eigenvalue weighted by molar-refractivity contribution is -0.122. The van der Waals surface area contributed by atoms with Crippen molar-refractivity contribution in [3.63, 3.8) is 0 Å². The van der Waals surface area contributed by atoms with E-state index in [9.17, 15) is 14.7 Å². The van der Waals surface area contributed by atoms with Gasteiger partial charge in [0.25, 0.3) is 5.91 Å². The molecular weight excluding hydrogens is 336 g/mol. The van der Waals surface area contributed by atoms with Gasteiger partial charge in [-0.15, -0.1) is 0 Å². The number of furan rings is 1. The summed E-state index contributed by atoms with van der Waals surface area (Å²) < 4.78 is 11.4. The fourth-order valence-corrected chi connectivity index (χ4v) is 2.96. The van der Waals surface area contributed by atoms with Gasteiger partial charge in [0.15, 0.2) is 0 Å². The van der Waals surface area contributed by atoms with E-state index in [2.05, 4.69) is 5.32 Å². The van der Waals surface area contributed by atoms with E-state index in [1.165, 1.54) is 19.8 Å². The van der Waals surface area contributed by atoms with E-state index in [1.807, 2.05) is 6.07 Å². The maximum Gasteiger partial charge on any atom is 0.256 e. The predicted molar refractivity (Wildman–Crippen MR) is 95.9 cm³/mol. The first kappa shape index (κ1) is 18.3. The van der Waals surface area contributed by atoms with E-state index in [0.29, 0.717) is 34.6 Å². The number of aryl methyl sites for hydroxylation is 1. The van der Waals surface area contributed by atoms with Crippen LogP contribution in [0, 0.1) is 12.8 Å². The van der Waals surface area contributed by atoms with Crippen LogP contribution in [0.15, 0.2) is 22.6 Å². The molecule has 26 heavy (non-hydrogen) atoms. The minimum atomic E-state index is -1.18. The number of fused-ring (bicyclic) bond motifs is 1. The number of carbonyl (C=O) groups is 2. The number of rotatable bonds is 8. The van der Waals surface area contributed by atoms with E-state index in [0.717, 1.165) is 12.3 Å². The Morgan fingerprint density at radius 1 is 1.42 bits per heavy atom. The molecule has 140 valence electrons. The van der Waals surface area contributed by atoms with Gasteiger partial charge in [0.1, 0.15) is 23.1 Å². The molecule has 1 fully saturated rings. The number of ether oxygens (including phenoxy) is 1. The minimum absolute atomic E-state index is 0.305. The summed E-state index contributed by atoms with van der Waals surface area (Å²) in [6.07, 6.45) is 2.48. The van der Waals surface area contributed by atoms with Crippen LogP contribution in [0.1, 0.15) is 42.3 Å². The van der Waals surface area contributed by atoms with Gasteiger partial charge >= 0.3 is 0 Å². The van der Waals surface area contributed by atoms with Crippen LogP contribution in [0.2, 0.25) is 0 Å². The Morgan fingerprint density at radius 2 is 2.15 bits per heavy atom. The normalized spacial score (nSPS) is 16.3. The van der Waals surface area contributed by atoms with Crippen LogP contribution in [0.5, 0.6) is 5.75 Å². The van der Waals surface area contributed by atoms with E-state index in [4.69, 9.17) is 14.9 Å². The average Bonchev–Trinajstić information content (AvgIpc) is 3.32. The topological polar surface area (TPSA) is 115 Å². The first-order valence-corrected chi connectivity index (χ1v) is 8.81. The highest BCUT2D eigenvalue weighted by Crippen LogP contribution is 2.33. The zero-order valence-electron chi connectivity index (χ0n) is 15.0. The molecule has 1 aliphatic carbocycles. The lowest BCUT2D eigenvalue weighted by atomic mass is 10.1. The highest BCUT2D eigenvalue weighted by Gasteiger charge is 2.27. The summed E-state index contributed by atoms with van der Waals surface area (Å²) in [5.74, 6) is 0.530. The zero-order valence-corrected chi connectivity index (χ0v) is 15.0. The van der Waals surface area contributed by atoms with Crippen LogP contribution in [-0.2, 0) is 4.79 Å². The number of primary amides is 1. The van der Waals surface area contributed by atoms with Crippen molar-refractivity contribution in [1.82, 2.24) is 5.32 Å². The molecule has 1 heterocycles. The van der Waals surface area contributed by atoms with E-state index in [-0.39, 0.29) is 0 Å². The Kier molecular flexibility index (Phi) is 5.18. The second-order valence-corrected chi connectivity index (χ2v) is 6.87. The molecule has 4 N–H and O–H groups in total. The number of amides is 2. The van der Waals surface area contributed by atoms with Crippen LogP contribution in [0.25, 0.3) is 11.0 Å². The van der Waals surface area contributed by atoms with Gasteiger partial charge in [-0.3, -0.25) is 9.59 Å². The van der Waals surface area contributed by atoms with E-state index < -0.39 is 24.0 Å². The molecule has 1 aromatic heterocycles. The third-order valence-corrected chi connectivity index (χ3v) is 4.63. The van der Waals surface area contributed by atoms with Crippen LogP contribution in [0.3, 0.4) is 0 Å². The Hall–Kier alpha value is -2.54. The highest BCUT2D eigenvalue weighted by molar-refractivity contribution is 6.08. The molecule has 0 aliphatic heterocycles. The molecule has 0 radical (unpaired) electrons. The van der Waals surface area contributed by atoms with Crippen molar-refractivity contribution < 1.29 is 23.8 Å². The molecule has 3 rings (SSSR count). The predicted octanol–water partition coefficient (Wildman–Crippen LogP) is 1.88. The Bertz CT molecular complexity index is 823. The first-order chi connectivity index (χ1) is 12.4. The number of hydrogen-bond donors (Lipinski definition) is 3. The van der Waals surface area contributed by atoms with Gasteiger partial charge in [-0.1, -0.05) is 12.8 Å². The van der Waals surface area contributed by atoms with Gasteiger partial charge in [0, 0.05) is 5.39 Å². The van der Waals surface area contributed by atoms with Crippen LogP contribution < -0.4 is 15.8 Å². The molecular formula is C19H24N2O5. The van der Waals surface area contributed by atoms with Crippen LogP contribution in [0.4, 0.5) is 0 Å². The largest absolute Gasteiger partial charge is 0.494 e. The molecule has 2 amide bonds. The Balaban J connectivity index is 1.82. The number of aliphatic hydroxyl groups excluding tert-OH is 1. The summed E-state index contributed by atoms with van der Waals surface area (Å²) in [4.78, 5) is 24.1. The fraction of sp³-hybridized carbons (Fsp3) is 0.474. The lowest BCUT2D eigenvalue weighted by Gasteiger charge is -2.17. The smallest absolute Gasteiger partial charge is 0.256 e. The van der Waals surface area contributed by atoms with Crippen molar-refractivity contribution in [2.75, 3.05) is 6.61 Å². The maximum absolute atomic E-state index is 12.7. The molecule has 0 unspecified atom stereocenters. The average molecular weight is 360 g/mol. The number of nitrogens with two attached hydrogens (primary N) is 1. The van der Waals surface area contributed by atoms with Crippen LogP contribution in [-0.4, -0.2) is 35.7 Å². The number of carbonyl (C=O) groups excluding carboxylic acids is 2. The molecule has 1 aromatic carbocycles. The van der Waals surface area contributed by atoms with E-state index >= 15 is 0 Å². The fourth-order valence-electron chi connectivity index (χ4n) is 2.96. The monoisotopic (exact) mass is 360 g/mol. The minimum Gasteiger partial charge on any atom is -0.494 e. The molecule has 1 saturated carbocycles. The third kappa shape index (κ3) is 3.99. The summed E-state index contributed by atoms with van der Waals surface area (Å²) in [6.45, 7) is 3.70.